The number of carbonyl (C=O) groups is 1. The number of amides is 1. The molecule has 5 nitrogen and oxygen atoms in total. The molecule has 0 aliphatic heterocycles. The van der Waals surface area contributed by atoms with Gasteiger partial charge in [-0.1, -0.05) is 53.8 Å². The molecule has 0 aliphatic rings. The van der Waals surface area contributed by atoms with Crippen LogP contribution in [0.25, 0.3) is 10.2 Å². The molecule has 4 aromatic rings. The minimum atomic E-state index is -3.42. The summed E-state index contributed by atoms with van der Waals surface area (Å²) in [5.41, 5.74) is 4.39. The van der Waals surface area contributed by atoms with Crippen molar-refractivity contribution in [2.75, 3.05) is 11.2 Å². The Balaban J connectivity index is 1.82. The first-order chi connectivity index (χ1) is 14.7. The van der Waals surface area contributed by atoms with Crippen LogP contribution in [0, 0.1) is 13.8 Å². The number of sulfone groups is 1. The molecule has 0 fully saturated rings. The van der Waals surface area contributed by atoms with Gasteiger partial charge in [0, 0.05) is 11.8 Å². The van der Waals surface area contributed by atoms with E-state index in [0.717, 1.165) is 33.2 Å². The van der Waals surface area contributed by atoms with Gasteiger partial charge in [0.15, 0.2) is 15.0 Å². The fourth-order valence-corrected chi connectivity index (χ4v) is 5.03. The van der Waals surface area contributed by atoms with Crippen LogP contribution < -0.4 is 4.90 Å². The normalized spacial score (nSPS) is 11.6. The number of rotatable bonds is 5. The Bertz CT molecular complexity index is 1380. The Morgan fingerprint density at radius 3 is 2.45 bits per heavy atom. The summed E-state index contributed by atoms with van der Waals surface area (Å²) in [5.74, 6) is -0.289. The van der Waals surface area contributed by atoms with Gasteiger partial charge in [0.25, 0.3) is 5.91 Å². The van der Waals surface area contributed by atoms with Gasteiger partial charge in [-0.2, -0.15) is 0 Å². The van der Waals surface area contributed by atoms with E-state index < -0.39 is 9.84 Å². The zero-order chi connectivity index (χ0) is 22.2. The smallest absolute Gasteiger partial charge is 0.260 e. The van der Waals surface area contributed by atoms with Crippen molar-refractivity contribution in [2.45, 2.75) is 25.3 Å². The third kappa shape index (κ3) is 4.38. The summed E-state index contributed by atoms with van der Waals surface area (Å²) in [4.78, 5) is 20.1. The van der Waals surface area contributed by atoms with Crippen LogP contribution in [-0.2, 0) is 16.4 Å². The fourth-order valence-electron chi connectivity index (χ4n) is 3.34. The van der Waals surface area contributed by atoms with Crippen LogP contribution in [-0.4, -0.2) is 25.6 Å². The van der Waals surface area contributed by atoms with Crippen LogP contribution in [0.2, 0.25) is 0 Å². The Morgan fingerprint density at radius 2 is 1.74 bits per heavy atom. The molecule has 0 N–H and O–H groups in total. The molecule has 1 amide bonds. The molecule has 0 saturated heterocycles. The second-order valence-corrected chi connectivity index (χ2v) is 10.6. The highest BCUT2D eigenvalue weighted by molar-refractivity contribution is 7.90. The summed E-state index contributed by atoms with van der Waals surface area (Å²) in [6.07, 6.45) is 1.14. The van der Waals surface area contributed by atoms with Crippen LogP contribution in [0.1, 0.15) is 27.0 Å². The van der Waals surface area contributed by atoms with E-state index in [4.69, 9.17) is 4.98 Å². The van der Waals surface area contributed by atoms with Crippen molar-refractivity contribution in [3.05, 3.63) is 89.0 Å². The van der Waals surface area contributed by atoms with Crippen molar-refractivity contribution in [1.29, 1.82) is 0 Å². The summed E-state index contributed by atoms with van der Waals surface area (Å²) >= 11 is 1.46. The van der Waals surface area contributed by atoms with Crippen LogP contribution in [0.4, 0.5) is 5.13 Å². The first kappa shape index (κ1) is 21.2. The lowest BCUT2D eigenvalue weighted by Gasteiger charge is -2.20. The molecule has 31 heavy (non-hydrogen) atoms. The summed E-state index contributed by atoms with van der Waals surface area (Å²) in [5, 5.41) is 0.585. The minimum absolute atomic E-state index is 0.119. The van der Waals surface area contributed by atoms with E-state index in [9.17, 15) is 13.2 Å². The van der Waals surface area contributed by atoms with Gasteiger partial charge in [0.2, 0.25) is 0 Å². The zero-order valence-electron chi connectivity index (χ0n) is 17.5. The van der Waals surface area contributed by atoms with Crippen molar-refractivity contribution >= 4 is 42.4 Å². The van der Waals surface area contributed by atoms with E-state index in [0.29, 0.717) is 17.2 Å². The quantitative estimate of drug-likeness (QED) is 0.421. The molecule has 0 radical (unpaired) electrons. The lowest BCUT2D eigenvalue weighted by atomic mass is 10.1. The van der Waals surface area contributed by atoms with Gasteiger partial charge in [-0.3, -0.25) is 9.69 Å². The predicted molar refractivity (Wildman–Crippen MR) is 126 cm³/mol. The summed E-state index contributed by atoms with van der Waals surface area (Å²) in [6, 6.07) is 19.9. The maximum atomic E-state index is 13.6. The van der Waals surface area contributed by atoms with Gasteiger partial charge in [-0.25, -0.2) is 13.4 Å². The number of thiazole rings is 1. The van der Waals surface area contributed by atoms with Gasteiger partial charge in [-0.15, -0.1) is 0 Å². The third-order valence-corrected chi connectivity index (χ3v) is 7.40. The Labute approximate surface area is 185 Å². The highest BCUT2D eigenvalue weighted by atomic mass is 32.2. The van der Waals surface area contributed by atoms with Crippen molar-refractivity contribution in [3.63, 3.8) is 0 Å². The van der Waals surface area contributed by atoms with Crippen molar-refractivity contribution in [1.82, 2.24) is 4.98 Å². The van der Waals surface area contributed by atoms with Crippen LogP contribution in [0.15, 0.2) is 71.6 Å². The minimum Gasteiger partial charge on any atom is -0.279 e. The van der Waals surface area contributed by atoms with Gasteiger partial charge < -0.3 is 0 Å². The first-order valence-electron chi connectivity index (χ1n) is 9.77. The average Bonchev–Trinajstić information content (AvgIpc) is 3.19. The molecule has 0 saturated carbocycles. The highest BCUT2D eigenvalue weighted by Gasteiger charge is 2.23. The molecular formula is C24H22N2O3S2. The first-order valence-corrected chi connectivity index (χ1v) is 12.5. The van der Waals surface area contributed by atoms with Crippen LogP contribution in [0.3, 0.4) is 0 Å². The van der Waals surface area contributed by atoms with Crippen molar-refractivity contribution < 1.29 is 13.2 Å². The SMILES string of the molecule is Cc1ccc2sc(N(Cc3ccccc3)C(=O)c3cccc(S(C)(=O)=O)c3)nc2c1C. The monoisotopic (exact) mass is 450 g/mol. The van der Waals surface area contributed by atoms with E-state index >= 15 is 0 Å². The number of carbonyl (C=O) groups excluding carboxylic acids is 1. The molecule has 0 bridgehead atoms. The number of anilines is 1. The van der Waals surface area contributed by atoms with Gasteiger partial charge in [0.1, 0.15) is 0 Å². The van der Waals surface area contributed by atoms with Gasteiger partial charge in [-0.05, 0) is 54.8 Å². The molecule has 7 heteroatoms. The molecule has 3 aromatic carbocycles. The lowest BCUT2D eigenvalue weighted by Crippen LogP contribution is -2.30. The lowest BCUT2D eigenvalue weighted by molar-refractivity contribution is 0.0985. The summed E-state index contributed by atoms with van der Waals surface area (Å²) in [7, 11) is -3.42. The molecule has 158 valence electrons. The second kappa shape index (κ2) is 8.24. The maximum Gasteiger partial charge on any atom is 0.260 e. The molecule has 1 heterocycles. The molecule has 1 aromatic heterocycles. The van der Waals surface area contributed by atoms with Crippen LogP contribution >= 0.6 is 11.3 Å². The largest absolute Gasteiger partial charge is 0.279 e. The molecule has 0 atom stereocenters. The molecule has 0 spiro atoms. The highest BCUT2D eigenvalue weighted by Crippen LogP contribution is 2.33. The maximum absolute atomic E-state index is 13.6. The number of benzene rings is 3. The van der Waals surface area contributed by atoms with E-state index in [1.54, 1.807) is 17.0 Å². The van der Waals surface area contributed by atoms with E-state index in [2.05, 4.69) is 6.07 Å². The standard InChI is InChI=1S/C24H22N2O3S2/c1-16-12-13-21-22(17(16)2)25-24(30-21)26(15-18-8-5-4-6-9-18)23(27)19-10-7-11-20(14-19)31(3,28)29/h4-14H,15H2,1-3H3. The second-order valence-electron chi connectivity index (χ2n) is 7.53. The average molecular weight is 451 g/mol. The number of hydrogen-bond acceptors (Lipinski definition) is 5. The van der Waals surface area contributed by atoms with E-state index in [1.807, 2.05) is 50.2 Å². The Hall–Kier alpha value is -3.03. The molecule has 4 rings (SSSR count). The predicted octanol–water partition coefficient (Wildman–Crippen LogP) is 5.16. The number of aromatic nitrogens is 1. The number of nitrogens with zero attached hydrogens (tertiary/aromatic N) is 2. The third-order valence-electron chi connectivity index (χ3n) is 5.24. The molecular weight excluding hydrogens is 428 g/mol. The summed E-state index contributed by atoms with van der Waals surface area (Å²) in [6.45, 7) is 4.40. The zero-order valence-corrected chi connectivity index (χ0v) is 19.1. The van der Waals surface area contributed by atoms with Crippen LogP contribution in [0.5, 0.6) is 0 Å². The molecule has 0 unspecified atom stereocenters. The summed E-state index contributed by atoms with van der Waals surface area (Å²) < 4.78 is 25.0. The van der Waals surface area contributed by atoms with E-state index in [-0.39, 0.29) is 10.8 Å². The van der Waals surface area contributed by atoms with Gasteiger partial charge >= 0.3 is 0 Å². The topological polar surface area (TPSA) is 67.3 Å². The fraction of sp³-hybridized carbons (Fsp3) is 0.167. The Morgan fingerprint density at radius 1 is 1.00 bits per heavy atom. The number of hydrogen-bond donors (Lipinski definition) is 0. The number of fused-ring (bicyclic) bond motifs is 1. The Kier molecular flexibility index (Phi) is 5.64. The van der Waals surface area contributed by atoms with E-state index in [1.165, 1.54) is 23.5 Å². The molecule has 0 aliphatic carbocycles. The van der Waals surface area contributed by atoms with Crippen molar-refractivity contribution in [3.8, 4) is 0 Å². The van der Waals surface area contributed by atoms with Gasteiger partial charge in [0.05, 0.1) is 21.7 Å². The number of aryl methyl sites for hydroxylation is 2. The van der Waals surface area contributed by atoms with Crippen molar-refractivity contribution in [2.24, 2.45) is 0 Å².